The Morgan fingerprint density at radius 1 is 1.47 bits per heavy atom. The number of hydrogen-bond donors (Lipinski definition) is 1. The minimum Gasteiger partial charge on any atom is -0.382 e. The van der Waals surface area contributed by atoms with Gasteiger partial charge in [-0.2, -0.15) is 0 Å². The first-order valence-corrected chi connectivity index (χ1v) is 5.52. The molecule has 1 saturated carbocycles. The molecule has 0 atom stereocenters. The van der Waals surface area contributed by atoms with Crippen LogP contribution in [0.1, 0.15) is 12.8 Å². The predicted octanol–water partition coefficient (Wildman–Crippen LogP) is 2.24. The third-order valence-corrected chi connectivity index (χ3v) is 3.31. The molecule has 1 aromatic rings. The number of aromatic nitrogens is 1. The molecule has 0 amide bonds. The van der Waals surface area contributed by atoms with E-state index in [-0.39, 0.29) is 0 Å². The monoisotopic (exact) mass is 225 g/mol. The molecule has 0 radical (unpaired) electrons. The highest BCUT2D eigenvalue weighted by atomic mass is 35.5. The lowest BCUT2D eigenvalue weighted by Crippen LogP contribution is -2.36. The van der Waals surface area contributed by atoms with Crippen molar-refractivity contribution in [2.45, 2.75) is 18.4 Å². The molecule has 1 aliphatic carbocycles. The van der Waals surface area contributed by atoms with Gasteiger partial charge < -0.3 is 10.2 Å². The third kappa shape index (κ3) is 2.41. The van der Waals surface area contributed by atoms with Crippen LogP contribution in [0, 0.1) is 0 Å². The minimum atomic E-state index is 0.350. The van der Waals surface area contributed by atoms with E-state index >= 15 is 0 Å². The van der Waals surface area contributed by atoms with Crippen LogP contribution in [-0.4, -0.2) is 36.1 Å². The normalized spacial score (nSPS) is 17.9. The third-order valence-electron chi connectivity index (χ3n) is 3.10. The fourth-order valence-electron chi connectivity index (χ4n) is 1.70. The van der Waals surface area contributed by atoms with E-state index in [1.54, 1.807) is 12.4 Å². The number of anilines is 1. The van der Waals surface area contributed by atoms with Gasteiger partial charge in [-0.3, -0.25) is 4.98 Å². The van der Waals surface area contributed by atoms with Crippen LogP contribution in [-0.2, 0) is 0 Å². The molecule has 1 aliphatic rings. The van der Waals surface area contributed by atoms with Gasteiger partial charge >= 0.3 is 0 Å². The largest absolute Gasteiger partial charge is 0.382 e. The molecule has 3 nitrogen and oxygen atoms in total. The van der Waals surface area contributed by atoms with E-state index in [1.807, 2.05) is 6.07 Å². The number of nitrogens with zero attached hydrogens (tertiary/aromatic N) is 2. The van der Waals surface area contributed by atoms with Crippen molar-refractivity contribution in [3.63, 3.8) is 0 Å². The van der Waals surface area contributed by atoms with Crippen molar-refractivity contribution >= 4 is 17.3 Å². The van der Waals surface area contributed by atoms with E-state index in [4.69, 9.17) is 11.6 Å². The molecule has 1 aromatic heterocycles. The zero-order valence-electron chi connectivity index (χ0n) is 9.13. The van der Waals surface area contributed by atoms with Gasteiger partial charge in [-0.25, -0.2) is 0 Å². The molecule has 0 aliphatic heterocycles. The van der Waals surface area contributed by atoms with Gasteiger partial charge in [0.15, 0.2) is 0 Å². The lowest BCUT2D eigenvalue weighted by Gasteiger charge is -2.24. The first-order valence-electron chi connectivity index (χ1n) is 5.14. The standard InChI is InChI=1S/C11H16ClN3/c1-15(2)11(3-4-11)8-14-10-5-9(12)6-13-7-10/h5-7,14H,3-4,8H2,1-2H3. The first kappa shape index (κ1) is 10.7. The second kappa shape index (κ2) is 3.99. The van der Waals surface area contributed by atoms with E-state index in [2.05, 4.69) is 29.3 Å². The van der Waals surface area contributed by atoms with E-state index in [9.17, 15) is 0 Å². The maximum absolute atomic E-state index is 5.86. The van der Waals surface area contributed by atoms with Crippen molar-refractivity contribution < 1.29 is 0 Å². The number of pyridine rings is 1. The Kier molecular flexibility index (Phi) is 2.85. The van der Waals surface area contributed by atoms with Crippen LogP contribution in [0.3, 0.4) is 0 Å². The summed E-state index contributed by atoms with van der Waals surface area (Å²) in [5.74, 6) is 0. The first-order chi connectivity index (χ1) is 7.12. The highest BCUT2D eigenvalue weighted by molar-refractivity contribution is 6.30. The average molecular weight is 226 g/mol. The Bertz CT molecular complexity index is 347. The highest BCUT2D eigenvalue weighted by Gasteiger charge is 2.44. The van der Waals surface area contributed by atoms with E-state index < -0.39 is 0 Å². The van der Waals surface area contributed by atoms with Gasteiger partial charge in [-0.05, 0) is 33.0 Å². The van der Waals surface area contributed by atoms with Crippen LogP contribution in [0.5, 0.6) is 0 Å². The van der Waals surface area contributed by atoms with Gasteiger partial charge in [-0.1, -0.05) is 11.6 Å². The summed E-state index contributed by atoms with van der Waals surface area (Å²) in [6.45, 7) is 0.960. The topological polar surface area (TPSA) is 28.2 Å². The maximum atomic E-state index is 5.86. The van der Waals surface area contributed by atoms with Crippen molar-refractivity contribution in [2.75, 3.05) is 26.0 Å². The molecule has 82 valence electrons. The van der Waals surface area contributed by atoms with Crippen molar-refractivity contribution in [1.82, 2.24) is 9.88 Å². The zero-order chi connectivity index (χ0) is 10.9. The van der Waals surface area contributed by atoms with Crippen molar-refractivity contribution in [2.24, 2.45) is 0 Å². The molecule has 15 heavy (non-hydrogen) atoms. The molecule has 1 N–H and O–H groups in total. The SMILES string of the molecule is CN(C)C1(CNc2cncc(Cl)c2)CC1. The quantitative estimate of drug-likeness (QED) is 0.852. The number of halogens is 1. The summed E-state index contributed by atoms with van der Waals surface area (Å²) in [4.78, 5) is 6.33. The Morgan fingerprint density at radius 3 is 2.73 bits per heavy atom. The second-order valence-corrected chi connectivity index (χ2v) is 4.80. The van der Waals surface area contributed by atoms with Crippen LogP contribution in [0.2, 0.25) is 5.02 Å². The summed E-state index contributed by atoms with van der Waals surface area (Å²) in [6, 6.07) is 1.90. The molecule has 4 heteroatoms. The van der Waals surface area contributed by atoms with Crippen LogP contribution >= 0.6 is 11.6 Å². The second-order valence-electron chi connectivity index (χ2n) is 4.36. The molecular weight excluding hydrogens is 210 g/mol. The average Bonchev–Trinajstić information content (AvgIpc) is 2.96. The van der Waals surface area contributed by atoms with Gasteiger partial charge in [0, 0.05) is 18.3 Å². The molecule has 1 heterocycles. The lowest BCUT2D eigenvalue weighted by atomic mass is 10.2. The Balaban J connectivity index is 1.94. The number of rotatable bonds is 4. The molecule has 0 aromatic carbocycles. The highest BCUT2D eigenvalue weighted by Crippen LogP contribution is 2.39. The fraction of sp³-hybridized carbons (Fsp3) is 0.545. The molecule has 2 rings (SSSR count). The Labute approximate surface area is 95.4 Å². The van der Waals surface area contributed by atoms with E-state index in [0.717, 1.165) is 12.2 Å². The molecule has 0 unspecified atom stereocenters. The zero-order valence-corrected chi connectivity index (χ0v) is 9.88. The smallest absolute Gasteiger partial charge is 0.0609 e. The van der Waals surface area contributed by atoms with Gasteiger partial charge in [0.25, 0.3) is 0 Å². The van der Waals surface area contributed by atoms with Gasteiger partial charge in [-0.15, -0.1) is 0 Å². The van der Waals surface area contributed by atoms with Crippen LogP contribution in [0.25, 0.3) is 0 Å². The summed E-state index contributed by atoms with van der Waals surface area (Å²) in [5.41, 5.74) is 1.35. The summed E-state index contributed by atoms with van der Waals surface area (Å²) >= 11 is 5.86. The van der Waals surface area contributed by atoms with E-state index in [0.29, 0.717) is 10.6 Å². The van der Waals surface area contributed by atoms with Gasteiger partial charge in [0.05, 0.1) is 16.9 Å². The molecule has 1 fully saturated rings. The number of likely N-dealkylation sites (N-methyl/N-ethyl adjacent to an activating group) is 1. The number of hydrogen-bond acceptors (Lipinski definition) is 3. The van der Waals surface area contributed by atoms with Crippen molar-refractivity contribution in [3.8, 4) is 0 Å². The summed E-state index contributed by atoms with van der Waals surface area (Å²) in [6.07, 6.45) is 5.98. The van der Waals surface area contributed by atoms with Crippen LogP contribution in [0.15, 0.2) is 18.5 Å². The molecule has 0 saturated heterocycles. The maximum Gasteiger partial charge on any atom is 0.0609 e. The Hall–Kier alpha value is -0.800. The molecule has 0 spiro atoms. The fourth-order valence-corrected chi connectivity index (χ4v) is 1.88. The van der Waals surface area contributed by atoms with E-state index in [1.165, 1.54) is 12.8 Å². The minimum absolute atomic E-state index is 0.350. The lowest BCUT2D eigenvalue weighted by molar-refractivity contribution is 0.284. The summed E-state index contributed by atoms with van der Waals surface area (Å²) in [7, 11) is 4.26. The van der Waals surface area contributed by atoms with Gasteiger partial charge in [0.2, 0.25) is 0 Å². The number of nitrogens with one attached hydrogen (secondary N) is 1. The summed E-state index contributed by atoms with van der Waals surface area (Å²) < 4.78 is 0. The summed E-state index contributed by atoms with van der Waals surface area (Å²) in [5, 5.41) is 4.06. The van der Waals surface area contributed by atoms with Crippen LogP contribution < -0.4 is 5.32 Å². The Morgan fingerprint density at radius 2 is 2.20 bits per heavy atom. The van der Waals surface area contributed by atoms with Crippen LogP contribution in [0.4, 0.5) is 5.69 Å². The predicted molar refractivity (Wildman–Crippen MR) is 63.4 cm³/mol. The molecule has 0 bridgehead atoms. The molecular formula is C11H16ClN3. The van der Waals surface area contributed by atoms with Crippen molar-refractivity contribution in [1.29, 1.82) is 0 Å². The van der Waals surface area contributed by atoms with Crippen molar-refractivity contribution in [3.05, 3.63) is 23.5 Å². The van der Waals surface area contributed by atoms with Gasteiger partial charge in [0.1, 0.15) is 0 Å².